The Bertz CT molecular complexity index is 621. The zero-order valence-electron chi connectivity index (χ0n) is 8.51. The maximum absolute atomic E-state index is 11.8. The number of hydrogen-bond donors (Lipinski definition) is 1. The first-order valence-corrected chi connectivity index (χ1v) is 6.94. The van der Waals surface area contributed by atoms with Gasteiger partial charge in [0.1, 0.15) is 5.65 Å². The lowest BCUT2D eigenvalue weighted by Crippen LogP contribution is -2.24. The van der Waals surface area contributed by atoms with Crippen molar-refractivity contribution in [3.8, 4) is 0 Å². The molecule has 2 aromatic rings. The van der Waals surface area contributed by atoms with E-state index in [1.807, 2.05) is 6.07 Å². The Labute approximate surface area is 102 Å². The first-order chi connectivity index (χ1) is 7.54. The Balaban J connectivity index is 2.66. The first kappa shape index (κ1) is 11.6. The summed E-state index contributed by atoms with van der Waals surface area (Å²) in [5.74, 6) is 0. The lowest BCUT2D eigenvalue weighted by atomic mass is 10.5. The summed E-state index contributed by atoms with van der Waals surface area (Å²) in [6, 6.07) is 3.56. The van der Waals surface area contributed by atoms with E-state index in [0.717, 1.165) is 4.47 Å². The third kappa shape index (κ3) is 1.98. The fraction of sp³-hybridized carbons (Fsp3) is 0.222. The molecule has 0 aromatic carbocycles. The molecule has 0 fully saturated rings. The third-order valence-electron chi connectivity index (χ3n) is 2.05. The van der Waals surface area contributed by atoms with E-state index in [1.54, 1.807) is 19.2 Å². The van der Waals surface area contributed by atoms with Crippen LogP contribution in [0.25, 0.3) is 5.65 Å². The second-order valence-corrected chi connectivity index (χ2v) is 5.80. The van der Waals surface area contributed by atoms with Crippen molar-refractivity contribution in [3.63, 3.8) is 0 Å². The molecule has 1 N–H and O–H groups in total. The molecule has 0 aliphatic heterocycles. The van der Waals surface area contributed by atoms with Gasteiger partial charge in [-0.25, -0.2) is 18.1 Å². The van der Waals surface area contributed by atoms with Gasteiger partial charge >= 0.3 is 0 Å². The van der Waals surface area contributed by atoms with Crippen LogP contribution >= 0.6 is 15.9 Å². The van der Waals surface area contributed by atoms with Gasteiger partial charge in [0.25, 0.3) is 10.0 Å². The fourth-order valence-electron chi connectivity index (χ4n) is 1.40. The number of fused-ring (bicyclic) bond motifs is 1. The van der Waals surface area contributed by atoms with Gasteiger partial charge in [-0.1, -0.05) is 6.92 Å². The van der Waals surface area contributed by atoms with Crippen LogP contribution in [0.3, 0.4) is 0 Å². The number of sulfonamides is 1. The van der Waals surface area contributed by atoms with E-state index >= 15 is 0 Å². The number of rotatable bonds is 3. The fourth-order valence-corrected chi connectivity index (χ4v) is 2.86. The average Bonchev–Trinajstić information content (AvgIpc) is 2.60. The Morgan fingerprint density at radius 2 is 2.25 bits per heavy atom. The van der Waals surface area contributed by atoms with Crippen molar-refractivity contribution in [2.24, 2.45) is 0 Å². The molecule has 86 valence electrons. The van der Waals surface area contributed by atoms with Gasteiger partial charge in [-0.05, 0) is 28.1 Å². The Hall–Kier alpha value is -0.920. The second kappa shape index (κ2) is 4.15. The van der Waals surface area contributed by atoms with Crippen LogP contribution in [-0.4, -0.2) is 24.3 Å². The molecule has 0 bridgehead atoms. The molecule has 0 unspecified atom stereocenters. The molecule has 0 amide bonds. The quantitative estimate of drug-likeness (QED) is 0.932. The summed E-state index contributed by atoms with van der Waals surface area (Å²) < 4.78 is 28.4. The van der Waals surface area contributed by atoms with Crippen molar-refractivity contribution < 1.29 is 8.42 Å². The molecule has 0 saturated heterocycles. The van der Waals surface area contributed by atoms with Crippen molar-refractivity contribution >= 4 is 31.6 Å². The van der Waals surface area contributed by atoms with E-state index in [9.17, 15) is 8.42 Å². The largest absolute Gasteiger partial charge is 0.288 e. The highest BCUT2D eigenvalue weighted by molar-refractivity contribution is 9.10. The normalized spacial score (nSPS) is 12.1. The minimum atomic E-state index is -3.48. The topological polar surface area (TPSA) is 63.5 Å². The molecule has 0 aliphatic carbocycles. The summed E-state index contributed by atoms with van der Waals surface area (Å²) in [5, 5.41) is 0.144. The molecule has 0 radical (unpaired) electrons. The van der Waals surface area contributed by atoms with Crippen LogP contribution in [0.5, 0.6) is 0 Å². The molecule has 2 rings (SSSR count). The van der Waals surface area contributed by atoms with E-state index in [2.05, 4.69) is 25.6 Å². The van der Waals surface area contributed by atoms with Crippen LogP contribution in [0.2, 0.25) is 0 Å². The highest BCUT2D eigenvalue weighted by Crippen LogP contribution is 2.16. The summed E-state index contributed by atoms with van der Waals surface area (Å²) in [5.41, 5.74) is 0.597. The SMILES string of the molecule is CCNS(=O)(=O)c1cnc2ccc(Br)cn12. The zero-order chi connectivity index (χ0) is 11.8. The highest BCUT2D eigenvalue weighted by Gasteiger charge is 2.17. The van der Waals surface area contributed by atoms with Gasteiger partial charge in [-0.15, -0.1) is 0 Å². The van der Waals surface area contributed by atoms with Crippen molar-refractivity contribution in [2.45, 2.75) is 11.9 Å². The zero-order valence-corrected chi connectivity index (χ0v) is 10.9. The van der Waals surface area contributed by atoms with Crippen molar-refractivity contribution in [2.75, 3.05) is 6.54 Å². The van der Waals surface area contributed by atoms with E-state index in [1.165, 1.54) is 10.6 Å². The summed E-state index contributed by atoms with van der Waals surface area (Å²) in [7, 11) is -3.48. The predicted molar refractivity (Wildman–Crippen MR) is 63.8 cm³/mol. The van der Waals surface area contributed by atoms with E-state index in [0.29, 0.717) is 12.2 Å². The highest BCUT2D eigenvalue weighted by atomic mass is 79.9. The van der Waals surface area contributed by atoms with Gasteiger partial charge in [0.15, 0.2) is 5.03 Å². The van der Waals surface area contributed by atoms with Crippen LogP contribution in [-0.2, 0) is 10.0 Å². The summed E-state index contributed by atoms with van der Waals surface area (Å²) >= 11 is 3.29. The van der Waals surface area contributed by atoms with Gasteiger partial charge in [0, 0.05) is 17.2 Å². The van der Waals surface area contributed by atoms with Gasteiger partial charge < -0.3 is 0 Å². The molecule has 0 aliphatic rings. The number of aromatic nitrogens is 2. The number of halogens is 1. The van der Waals surface area contributed by atoms with Crippen molar-refractivity contribution in [3.05, 3.63) is 29.0 Å². The molecular weight excluding hydrogens is 294 g/mol. The second-order valence-electron chi connectivity index (χ2n) is 3.17. The van der Waals surface area contributed by atoms with Gasteiger partial charge in [-0.3, -0.25) is 4.40 Å². The maximum atomic E-state index is 11.8. The molecule has 5 nitrogen and oxygen atoms in total. The first-order valence-electron chi connectivity index (χ1n) is 4.67. The van der Waals surface area contributed by atoms with Gasteiger partial charge in [0.05, 0.1) is 6.20 Å². The predicted octanol–water partition coefficient (Wildman–Crippen LogP) is 1.39. The molecule has 2 aromatic heterocycles. The lowest BCUT2D eigenvalue weighted by molar-refractivity contribution is 0.579. The standard InChI is InChI=1S/C9H10BrN3O2S/c1-2-12-16(14,15)9-5-11-8-4-3-7(10)6-13(8)9/h3-6,12H,2H2,1H3. The summed E-state index contributed by atoms with van der Waals surface area (Å²) in [4.78, 5) is 4.03. The van der Waals surface area contributed by atoms with Crippen molar-refractivity contribution in [1.29, 1.82) is 0 Å². The van der Waals surface area contributed by atoms with Crippen LogP contribution in [0, 0.1) is 0 Å². The molecular formula is C9H10BrN3O2S. The molecule has 16 heavy (non-hydrogen) atoms. The molecule has 0 spiro atoms. The monoisotopic (exact) mass is 303 g/mol. The van der Waals surface area contributed by atoms with Crippen LogP contribution in [0.15, 0.2) is 34.0 Å². The molecule has 7 heteroatoms. The van der Waals surface area contributed by atoms with Crippen LogP contribution < -0.4 is 4.72 Å². The number of imidazole rings is 1. The lowest BCUT2D eigenvalue weighted by Gasteiger charge is -2.04. The third-order valence-corrected chi connectivity index (χ3v) is 4.04. The Kier molecular flexibility index (Phi) is 3.00. The van der Waals surface area contributed by atoms with Gasteiger partial charge in [0.2, 0.25) is 0 Å². The van der Waals surface area contributed by atoms with Crippen LogP contribution in [0.4, 0.5) is 0 Å². The summed E-state index contributed by atoms with van der Waals surface area (Å²) in [6.45, 7) is 2.08. The average molecular weight is 304 g/mol. The smallest absolute Gasteiger partial charge is 0.258 e. The van der Waals surface area contributed by atoms with E-state index < -0.39 is 10.0 Å². The van der Waals surface area contributed by atoms with E-state index in [4.69, 9.17) is 0 Å². The molecule has 2 heterocycles. The molecule has 0 atom stereocenters. The van der Waals surface area contributed by atoms with E-state index in [-0.39, 0.29) is 5.03 Å². The number of hydrogen-bond acceptors (Lipinski definition) is 3. The number of nitrogens with one attached hydrogen (secondary N) is 1. The van der Waals surface area contributed by atoms with Crippen molar-refractivity contribution in [1.82, 2.24) is 14.1 Å². The number of pyridine rings is 1. The minimum absolute atomic E-state index is 0.144. The Morgan fingerprint density at radius 3 is 2.94 bits per heavy atom. The van der Waals surface area contributed by atoms with Crippen LogP contribution in [0.1, 0.15) is 6.92 Å². The van der Waals surface area contributed by atoms with Gasteiger partial charge in [-0.2, -0.15) is 0 Å². The summed E-state index contributed by atoms with van der Waals surface area (Å²) in [6.07, 6.45) is 3.02. The minimum Gasteiger partial charge on any atom is -0.288 e. The maximum Gasteiger partial charge on any atom is 0.258 e. The number of nitrogens with zero attached hydrogens (tertiary/aromatic N) is 2. The molecule has 0 saturated carbocycles. The Morgan fingerprint density at radius 1 is 1.50 bits per heavy atom.